The highest BCUT2D eigenvalue weighted by atomic mass is 16.2. The first-order valence-electron chi connectivity index (χ1n) is 7.39. The van der Waals surface area contributed by atoms with Gasteiger partial charge in [-0.05, 0) is 43.4 Å². The molecule has 2 rings (SSSR count). The van der Waals surface area contributed by atoms with Crippen LogP contribution in [0.15, 0.2) is 41.6 Å². The van der Waals surface area contributed by atoms with E-state index in [0.29, 0.717) is 11.3 Å². The van der Waals surface area contributed by atoms with Crippen LogP contribution in [0.4, 0.5) is 0 Å². The minimum absolute atomic E-state index is 0.129. The molecular weight excluding hydrogens is 264 g/mol. The van der Waals surface area contributed by atoms with Crippen molar-refractivity contribution in [2.45, 2.75) is 32.1 Å². The Labute approximate surface area is 125 Å². The van der Waals surface area contributed by atoms with Gasteiger partial charge in [-0.15, -0.1) is 0 Å². The van der Waals surface area contributed by atoms with Crippen LogP contribution in [0.3, 0.4) is 0 Å². The molecule has 1 fully saturated rings. The van der Waals surface area contributed by atoms with Crippen molar-refractivity contribution in [3.8, 4) is 0 Å². The molecule has 2 amide bonds. The van der Waals surface area contributed by atoms with Gasteiger partial charge in [-0.25, -0.2) is 0 Å². The molecule has 1 saturated carbocycles. The van der Waals surface area contributed by atoms with Crippen molar-refractivity contribution in [3.05, 3.63) is 47.2 Å². The van der Waals surface area contributed by atoms with Gasteiger partial charge in [0.25, 0.3) is 11.8 Å². The minimum Gasteiger partial charge on any atom is -0.344 e. The third-order valence-electron chi connectivity index (χ3n) is 3.71. The molecule has 1 aliphatic carbocycles. The van der Waals surface area contributed by atoms with E-state index in [1.165, 1.54) is 11.3 Å². The van der Waals surface area contributed by atoms with Crippen LogP contribution in [0, 0.1) is 0 Å². The standard InChI is InChI=1S/C17H22N2O2/c1-19(2)17(21)15(13-9-5-3-6-10-13)18-16(20)14-11-7-4-8-12-14/h4,7-8,11-12H,3,5-6,9-10H2,1-2H3,(H,18,20). The summed E-state index contributed by atoms with van der Waals surface area (Å²) in [5.41, 5.74) is 2.11. The van der Waals surface area contributed by atoms with E-state index in [9.17, 15) is 9.59 Å². The Hall–Kier alpha value is -2.10. The van der Waals surface area contributed by atoms with Gasteiger partial charge in [0.05, 0.1) is 0 Å². The number of nitrogens with one attached hydrogen (secondary N) is 1. The summed E-state index contributed by atoms with van der Waals surface area (Å²) in [5.74, 6) is -0.352. The number of nitrogens with zero attached hydrogens (tertiary/aromatic N) is 1. The third-order valence-corrected chi connectivity index (χ3v) is 3.71. The highest BCUT2D eigenvalue weighted by molar-refractivity contribution is 6.03. The minimum atomic E-state index is -0.223. The van der Waals surface area contributed by atoms with Gasteiger partial charge in [-0.1, -0.05) is 24.6 Å². The summed E-state index contributed by atoms with van der Waals surface area (Å²) in [6.07, 6.45) is 5.15. The van der Waals surface area contributed by atoms with E-state index in [2.05, 4.69) is 5.32 Å². The topological polar surface area (TPSA) is 49.4 Å². The van der Waals surface area contributed by atoms with Crippen molar-refractivity contribution >= 4 is 11.8 Å². The van der Waals surface area contributed by atoms with Crippen LogP contribution in [0.2, 0.25) is 0 Å². The van der Waals surface area contributed by atoms with Gasteiger partial charge in [0.1, 0.15) is 5.70 Å². The molecule has 4 heteroatoms. The molecule has 0 saturated heterocycles. The molecule has 1 aromatic rings. The van der Waals surface area contributed by atoms with Crippen LogP contribution in [-0.4, -0.2) is 30.8 Å². The van der Waals surface area contributed by atoms with Crippen LogP contribution in [0.25, 0.3) is 0 Å². The number of carbonyl (C=O) groups is 2. The highest BCUT2D eigenvalue weighted by Crippen LogP contribution is 2.25. The summed E-state index contributed by atoms with van der Waals surface area (Å²) < 4.78 is 0. The lowest BCUT2D eigenvalue weighted by Gasteiger charge is -2.21. The second-order valence-corrected chi connectivity index (χ2v) is 5.56. The summed E-state index contributed by atoms with van der Waals surface area (Å²) >= 11 is 0. The van der Waals surface area contributed by atoms with E-state index >= 15 is 0 Å². The number of hydrogen-bond acceptors (Lipinski definition) is 2. The fourth-order valence-electron chi connectivity index (χ4n) is 2.52. The Kier molecular flexibility index (Phi) is 5.14. The average Bonchev–Trinajstić information content (AvgIpc) is 2.53. The summed E-state index contributed by atoms with van der Waals surface area (Å²) in [7, 11) is 3.42. The maximum atomic E-state index is 12.4. The fraction of sp³-hybridized carbons (Fsp3) is 0.412. The molecule has 1 aromatic carbocycles. The summed E-state index contributed by atoms with van der Waals surface area (Å²) in [6.45, 7) is 0. The maximum absolute atomic E-state index is 12.4. The molecule has 0 aliphatic heterocycles. The number of rotatable bonds is 3. The summed E-state index contributed by atoms with van der Waals surface area (Å²) in [6, 6.07) is 8.99. The SMILES string of the molecule is CN(C)C(=O)C(NC(=O)c1ccccc1)=C1CCCCC1. The maximum Gasteiger partial charge on any atom is 0.269 e. The lowest BCUT2D eigenvalue weighted by Crippen LogP contribution is -2.35. The van der Waals surface area contributed by atoms with E-state index < -0.39 is 0 Å². The normalized spacial score (nSPS) is 14.5. The first-order valence-corrected chi connectivity index (χ1v) is 7.39. The lowest BCUT2D eigenvalue weighted by atomic mass is 9.93. The highest BCUT2D eigenvalue weighted by Gasteiger charge is 2.21. The number of allylic oxidation sites excluding steroid dienone is 1. The zero-order chi connectivity index (χ0) is 15.2. The van der Waals surface area contributed by atoms with Crippen LogP contribution < -0.4 is 5.32 Å². The number of benzene rings is 1. The Balaban J connectivity index is 2.24. The van der Waals surface area contributed by atoms with Crippen LogP contribution in [0.1, 0.15) is 42.5 Å². The Morgan fingerprint density at radius 3 is 2.19 bits per heavy atom. The van der Waals surface area contributed by atoms with Crippen molar-refractivity contribution in [1.29, 1.82) is 0 Å². The monoisotopic (exact) mass is 286 g/mol. The van der Waals surface area contributed by atoms with Gasteiger partial charge in [0.15, 0.2) is 0 Å². The largest absolute Gasteiger partial charge is 0.344 e. The quantitative estimate of drug-likeness (QED) is 0.869. The summed E-state index contributed by atoms with van der Waals surface area (Å²) in [5, 5.41) is 2.83. The lowest BCUT2D eigenvalue weighted by molar-refractivity contribution is -0.125. The van der Waals surface area contributed by atoms with Crippen LogP contribution in [0.5, 0.6) is 0 Å². The van der Waals surface area contributed by atoms with Crippen molar-refractivity contribution < 1.29 is 9.59 Å². The number of hydrogen-bond donors (Lipinski definition) is 1. The molecule has 1 N–H and O–H groups in total. The molecule has 21 heavy (non-hydrogen) atoms. The molecule has 1 aliphatic rings. The van der Waals surface area contributed by atoms with E-state index in [-0.39, 0.29) is 11.8 Å². The van der Waals surface area contributed by atoms with Crippen molar-refractivity contribution in [3.63, 3.8) is 0 Å². The second kappa shape index (κ2) is 7.07. The number of carbonyl (C=O) groups excluding carboxylic acids is 2. The molecule has 0 spiro atoms. The predicted octanol–water partition coefficient (Wildman–Crippen LogP) is 2.72. The van der Waals surface area contributed by atoms with E-state index in [1.54, 1.807) is 26.2 Å². The third kappa shape index (κ3) is 3.94. The van der Waals surface area contributed by atoms with Gasteiger partial charge in [0, 0.05) is 19.7 Å². The van der Waals surface area contributed by atoms with E-state index in [0.717, 1.165) is 31.3 Å². The van der Waals surface area contributed by atoms with Crippen LogP contribution >= 0.6 is 0 Å². The molecule has 0 heterocycles. The molecular formula is C17H22N2O2. The smallest absolute Gasteiger partial charge is 0.269 e. The Bertz CT molecular complexity index is 539. The molecule has 0 radical (unpaired) electrons. The first-order chi connectivity index (χ1) is 10.1. The molecule has 0 atom stereocenters. The van der Waals surface area contributed by atoms with Gasteiger partial charge in [-0.2, -0.15) is 0 Å². The van der Waals surface area contributed by atoms with E-state index in [4.69, 9.17) is 0 Å². The molecule has 0 bridgehead atoms. The second-order valence-electron chi connectivity index (χ2n) is 5.56. The molecule has 4 nitrogen and oxygen atoms in total. The van der Waals surface area contributed by atoms with Crippen molar-refractivity contribution in [2.75, 3.05) is 14.1 Å². The van der Waals surface area contributed by atoms with Crippen LogP contribution in [-0.2, 0) is 4.79 Å². The number of amides is 2. The van der Waals surface area contributed by atoms with Gasteiger partial charge >= 0.3 is 0 Å². The van der Waals surface area contributed by atoms with Gasteiger partial charge < -0.3 is 10.2 Å². The Morgan fingerprint density at radius 2 is 1.62 bits per heavy atom. The zero-order valence-electron chi connectivity index (χ0n) is 12.7. The van der Waals surface area contributed by atoms with Crippen molar-refractivity contribution in [2.24, 2.45) is 0 Å². The number of likely N-dealkylation sites (N-methyl/N-ethyl adjacent to an activating group) is 1. The first kappa shape index (κ1) is 15.3. The summed E-state index contributed by atoms with van der Waals surface area (Å²) in [4.78, 5) is 26.2. The zero-order valence-corrected chi connectivity index (χ0v) is 12.7. The average molecular weight is 286 g/mol. The molecule has 0 unspecified atom stereocenters. The van der Waals surface area contributed by atoms with Gasteiger partial charge in [-0.3, -0.25) is 9.59 Å². The van der Waals surface area contributed by atoms with E-state index in [1.807, 2.05) is 18.2 Å². The Morgan fingerprint density at radius 1 is 1.00 bits per heavy atom. The molecule has 0 aromatic heterocycles. The molecule has 112 valence electrons. The fourth-order valence-corrected chi connectivity index (χ4v) is 2.52. The van der Waals surface area contributed by atoms with Crippen molar-refractivity contribution in [1.82, 2.24) is 10.2 Å². The predicted molar refractivity (Wildman–Crippen MR) is 82.7 cm³/mol. The van der Waals surface area contributed by atoms with Gasteiger partial charge in [0.2, 0.25) is 0 Å².